The highest BCUT2D eigenvalue weighted by molar-refractivity contribution is 6.33. The van der Waals surface area contributed by atoms with E-state index in [-0.39, 0.29) is 11.6 Å². The van der Waals surface area contributed by atoms with Crippen molar-refractivity contribution in [3.05, 3.63) is 179 Å². The van der Waals surface area contributed by atoms with E-state index in [1.54, 1.807) is 0 Å². The van der Waals surface area contributed by atoms with Crippen LogP contribution in [0.4, 0.5) is 0 Å². The Labute approximate surface area is 223 Å². The van der Waals surface area contributed by atoms with Crippen LogP contribution in [0.25, 0.3) is 23.3 Å². The minimum Gasteiger partial charge on any atom is -0.289 e. The van der Waals surface area contributed by atoms with Crippen molar-refractivity contribution in [2.24, 2.45) is 0 Å². The van der Waals surface area contributed by atoms with Crippen molar-refractivity contribution in [3.63, 3.8) is 0 Å². The summed E-state index contributed by atoms with van der Waals surface area (Å²) in [6, 6.07) is 46.0. The van der Waals surface area contributed by atoms with Crippen molar-refractivity contribution in [2.45, 2.75) is 0 Å². The summed E-state index contributed by atoms with van der Waals surface area (Å²) < 4.78 is 0. The second-order valence-electron chi connectivity index (χ2n) is 8.91. The summed E-state index contributed by atoms with van der Waals surface area (Å²) in [6.45, 7) is 0. The molecule has 0 saturated carbocycles. The number of hydrogen-bond acceptors (Lipinski definition) is 2. The lowest BCUT2D eigenvalue weighted by Gasteiger charge is -2.09. The van der Waals surface area contributed by atoms with Crippen LogP contribution in [-0.4, -0.2) is 11.6 Å². The van der Waals surface area contributed by atoms with Crippen molar-refractivity contribution < 1.29 is 9.59 Å². The Morgan fingerprint density at radius 3 is 0.895 bits per heavy atom. The first-order valence-electron chi connectivity index (χ1n) is 12.5. The van der Waals surface area contributed by atoms with Crippen LogP contribution in [0.3, 0.4) is 0 Å². The zero-order chi connectivity index (χ0) is 26.2. The van der Waals surface area contributed by atoms with Crippen LogP contribution in [0, 0.1) is 0 Å². The number of Topliss-reactive ketones (excluding diaryl/α,β-unsaturated/α-hetero) is 2. The lowest BCUT2D eigenvalue weighted by molar-refractivity contribution is 0.104. The molecule has 0 amide bonds. The third-order valence-electron chi connectivity index (χ3n) is 6.29. The molecule has 0 aliphatic heterocycles. The first-order valence-corrected chi connectivity index (χ1v) is 12.5. The highest BCUT2D eigenvalue weighted by Crippen LogP contribution is 2.26. The number of rotatable bonds is 8. The molecule has 5 aromatic carbocycles. The number of allylic oxidation sites excluding steroid dienone is 2. The van der Waals surface area contributed by atoms with Crippen molar-refractivity contribution in [3.8, 4) is 0 Å². The van der Waals surface area contributed by atoms with Crippen LogP contribution < -0.4 is 0 Å². The second-order valence-corrected chi connectivity index (χ2v) is 8.91. The maximum Gasteiger partial charge on any atom is 0.193 e. The molecule has 0 saturated heterocycles. The molecule has 0 bridgehead atoms. The minimum absolute atomic E-state index is 0.0272. The molecular weight excluding hydrogens is 464 g/mol. The molecule has 5 aromatic rings. The van der Waals surface area contributed by atoms with E-state index in [1.165, 1.54) is 0 Å². The Bertz CT molecular complexity index is 1460. The number of ketones is 2. The topological polar surface area (TPSA) is 34.1 Å². The summed E-state index contributed by atoms with van der Waals surface area (Å²) in [5.74, 6) is -0.0545. The predicted octanol–water partition coefficient (Wildman–Crippen LogP) is 8.53. The van der Waals surface area contributed by atoms with Gasteiger partial charge in [-0.2, -0.15) is 0 Å². The van der Waals surface area contributed by atoms with Gasteiger partial charge >= 0.3 is 0 Å². The summed E-state index contributed by atoms with van der Waals surface area (Å²) in [4.78, 5) is 26.8. The Morgan fingerprint density at radius 1 is 0.342 bits per heavy atom. The number of carbonyl (C=O) groups is 2. The quantitative estimate of drug-likeness (QED) is 0.124. The highest BCUT2D eigenvalue weighted by atomic mass is 16.1. The molecule has 0 aliphatic carbocycles. The fourth-order valence-electron chi connectivity index (χ4n) is 4.31. The van der Waals surface area contributed by atoms with E-state index in [0.717, 1.165) is 22.3 Å². The van der Waals surface area contributed by atoms with Gasteiger partial charge in [0.05, 0.1) is 0 Å². The van der Waals surface area contributed by atoms with Gasteiger partial charge in [0.15, 0.2) is 11.6 Å². The van der Waals surface area contributed by atoms with E-state index < -0.39 is 0 Å². The largest absolute Gasteiger partial charge is 0.289 e. The average molecular weight is 491 g/mol. The van der Waals surface area contributed by atoms with Gasteiger partial charge in [-0.1, -0.05) is 146 Å². The Kier molecular flexibility index (Phi) is 7.62. The molecule has 0 fully saturated rings. The molecule has 2 heteroatoms. The van der Waals surface area contributed by atoms with E-state index >= 15 is 0 Å². The van der Waals surface area contributed by atoms with Gasteiger partial charge < -0.3 is 0 Å². The first kappa shape index (κ1) is 24.6. The maximum absolute atomic E-state index is 13.4. The predicted molar refractivity (Wildman–Crippen MR) is 157 cm³/mol. The third kappa shape index (κ3) is 5.83. The zero-order valence-corrected chi connectivity index (χ0v) is 20.8. The average Bonchev–Trinajstić information content (AvgIpc) is 3.00. The van der Waals surface area contributed by atoms with Gasteiger partial charge in [-0.15, -0.1) is 0 Å². The van der Waals surface area contributed by atoms with Crippen molar-refractivity contribution >= 4 is 34.9 Å². The first-order chi connectivity index (χ1) is 18.7. The monoisotopic (exact) mass is 490 g/mol. The van der Waals surface area contributed by atoms with Crippen molar-refractivity contribution in [2.75, 3.05) is 0 Å². The summed E-state index contributed by atoms with van der Waals surface area (Å²) in [5, 5.41) is 0. The molecule has 0 aliphatic rings. The summed E-state index contributed by atoms with van der Waals surface area (Å²) in [7, 11) is 0. The standard InChI is InChI=1S/C36H26O2/c37-35(31-17-9-3-10-18-31)33(29-13-5-1-6-14-29)25-27-21-23-28(24-22-27)26-34(30-15-7-2-8-16-30)36(38)32-19-11-4-12-20-32/h1-26H/b33-25+,34-26+. The second kappa shape index (κ2) is 11.8. The molecule has 0 N–H and O–H groups in total. The Balaban J connectivity index is 1.51. The summed E-state index contributed by atoms with van der Waals surface area (Å²) >= 11 is 0. The fraction of sp³-hybridized carbons (Fsp3) is 0. The van der Waals surface area contributed by atoms with E-state index in [9.17, 15) is 9.59 Å². The van der Waals surface area contributed by atoms with Gasteiger partial charge in [-0.25, -0.2) is 0 Å². The molecular formula is C36H26O2. The minimum atomic E-state index is -0.0272. The van der Waals surface area contributed by atoms with Crippen LogP contribution in [0.5, 0.6) is 0 Å². The maximum atomic E-state index is 13.4. The molecule has 0 heterocycles. The molecule has 0 spiro atoms. The lowest BCUT2D eigenvalue weighted by atomic mass is 9.93. The van der Waals surface area contributed by atoms with Gasteiger partial charge in [0.25, 0.3) is 0 Å². The van der Waals surface area contributed by atoms with Crippen molar-refractivity contribution in [1.82, 2.24) is 0 Å². The van der Waals surface area contributed by atoms with E-state index in [4.69, 9.17) is 0 Å². The van der Waals surface area contributed by atoms with Crippen LogP contribution in [0.15, 0.2) is 146 Å². The van der Waals surface area contributed by atoms with Gasteiger partial charge in [0, 0.05) is 22.3 Å². The van der Waals surface area contributed by atoms with E-state index in [1.807, 2.05) is 158 Å². The Hall–Kier alpha value is -5.08. The van der Waals surface area contributed by atoms with Gasteiger partial charge in [0.1, 0.15) is 0 Å². The van der Waals surface area contributed by atoms with Gasteiger partial charge in [-0.3, -0.25) is 9.59 Å². The van der Waals surface area contributed by atoms with E-state index in [0.29, 0.717) is 22.3 Å². The van der Waals surface area contributed by atoms with Crippen LogP contribution in [-0.2, 0) is 0 Å². The molecule has 0 radical (unpaired) electrons. The molecule has 2 nitrogen and oxygen atoms in total. The normalized spacial score (nSPS) is 11.7. The van der Waals surface area contributed by atoms with Crippen LogP contribution >= 0.6 is 0 Å². The van der Waals surface area contributed by atoms with Crippen LogP contribution in [0.2, 0.25) is 0 Å². The molecule has 0 unspecified atom stereocenters. The van der Waals surface area contributed by atoms with Crippen molar-refractivity contribution in [1.29, 1.82) is 0 Å². The molecule has 0 aromatic heterocycles. The summed E-state index contributed by atoms with van der Waals surface area (Å²) in [5.41, 5.74) is 6.09. The zero-order valence-electron chi connectivity index (χ0n) is 20.8. The highest BCUT2D eigenvalue weighted by Gasteiger charge is 2.16. The number of carbonyl (C=O) groups excluding carboxylic acids is 2. The van der Waals surface area contributed by atoms with Gasteiger partial charge in [0.2, 0.25) is 0 Å². The SMILES string of the molecule is O=C(/C(=C/c1ccc(/C=C(/C(=O)c2ccccc2)c2ccccc2)cc1)c1ccccc1)c1ccccc1. The molecule has 38 heavy (non-hydrogen) atoms. The third-order valence-corrected chi connectivity index (χ3v) is 6.29. The number of hydrogen-bond donors (Lipinski definition) is 0. The molecule has 182 valence electrons. The van der Waals surface area contributed by atoms with E-state index in [2.05, 4.69) is 0 Å². The number of benzene rings is 5. The lowest BCUT2D eigenvalue weighted by Crippen LogP contribution is -2.03. The van der Waals surface area contributed by atoms with Crippen LogP contribution in [0.1, 0.15) is 43.0 Å². The summed E-state index contributed by atoms with van der Waals surface area (Å²) in [6.07, 6.45) is 3.84. The Morgan fingerprint density at radius 2 is 0.605 bits per heavy atom. The fourth-order valence-corrected chi connectivity index (χ4v) is 4.31. The molecule has 0 atom stereocenters. The smallest absolute Gasteiger partial charge is 0.193 e. The molecule has 5 rings (SSSR count). The van der Waals surface area contributed by atoms with Gasteiger partial charge in [-0.05, 0) is 34.4 Å².